The van der Waals surface area contributed by atoms with Gasteiger partial charge in [0, 0.05) is 7.05 Å². The highest BCUT2D eigenvalue weighted by atomic mass is 16.5. The van der Waals surface area contributed by atoms with Gasteiger partial charge in [-0.3, -0.25) is 4.68 Å². The maximum atomic E-state index is 9.53. The van der Waals surface area contributed by atoms with E-state index in [9.17, 15) is 5.11 Å². The summed E-state index contributed by atoms with van der Waals surface area (Å²) in [7, 11) is 1.91. The first kappa shape index (κ1) is 13.6. The number of hydrogen-bond acceptors (Lipinski definition) is 3. The molecule has 1 atom stereocenters. The molecule has 0 aliphatic carbocycles. The molecule has 4 nitrogen and oxygen atoms in total. The van der Waals surface area contributed by atoms with Crippen LogP contribution in [0.15, 0.2) is 24.3 Å². The van der Waals surface area contributed by atoms with Crippen LogP contribution in [-0.4, -0.2) is 14.9 Å². The summed E-state index contributed by atoms with van der Waals surface area (Å²) in [6.45, 7) is 6.20. The summed E-state index contributed by atoms with van der Waals surface area (Å²) >= 11 is 0. The largest absolute Gasteiger partial charge is 0.487 e. The molecule has 0 fully saturated rings. The zero-order valence-electron chi connectivity index (χ0n) is 11.8. The molecule has 0 spiro atoms. The molecule has 2 aromatic rings. The highest BCUT2D eigenvalue weighted by molar-refractivity contribution is 5.37. The van der Waals surface area contributed by atoms with E-state index in [1.54, 1.807) is 6.92 Å². The zero-order valence-corrected chi connectivity index (χ0v) is 11.8. The van der Waals surface area contributed by atoms with Crippen molar-refractivity contribution < 1.29 is 9.84 Å². The average Bonchev–Trinajstić information content (AvgIpc) is 2.66. The van der Waals surface area contributed by atoms with Gasteiger partial charge in [0.05, 0.1) is 17.5 Å². The lowest BCUT2D eigenvalue weighted by atomic mass is 10.1. The molecule has 2 rings (SSSR count). The summed E-state index contributed by atoms with van der Waals surface area (Å²) in [6, 6.07) is 7.76. The van der Waals surface area contributed by atoms with Gasteiger partial charge < -0.3 is 9.84 Å². The molecule has 0 aliphatic heterocycles. The average molecular weight is 260 g/mol. The number of rotatable bonds is 4. The number of aliphatic hydroxyl groups is 1. The lowest BCUT2D eigenvalue weighted by Crippen LogP contribution is -2.04. The number of hydrogen-bond donors (Lipinski definition) is 1. The minimum atomic E-state index is -0.451. The Bertz CT molecular complexity index is 574. The van der Waals surface area contributed by atoms with E-state index in [0.717, 1.165) is 28.3 Å². The van der Waals surface area contributed by atoms with Gasteiger partial charge in [-0.25, -0.2) is 0 Å². The molecule has 0 bridgehead atoms. The summed E-state index contributed by atoms with van der Waals surface area (Å²) in [4.78, 5) is 0. The van der Waals surface area contributed by atoms with Gasteiger partial charge in [-0.05, 0) is 50.1 Å². The molecule has 1 N–H and O–H groups in total. The molecule has 0 unspecified atom stereocenters. The molecule has 0 radical (unpaired) electrons. The van der Waals surface area contributed by atoms with E-state index >= 15 is 0 Å². The monoisotopic (exact) mass is 260 g/mol. The van der Waals surface area contributed by atoms with Crippen LogP contribution in [0.3, 0.4) is 0 Å². The molecule has 0 saturated carbocycles. The predicted molar refractivity (Wildman–Crippen MR) is 74.1 cm³/mol. The molecule has 0 amide bonds. The van der Waals surface area contributed by atoms with Crippen molar-refractivity contribution in [2.45, 2.75) is 33.5 Å². The summed E-state index contributed by atoms with van der Waals surface area (Å²) in [5.74, 6) is 0.836. The normalized spacial score (nSPS) is 12.5. The van der Waals surface area contributed by atoms with Gasteiger partial charge in [-0.2, -0.15) is 5.10 Å². The molecule has 1 aromatic carbocycles. The fourth-order valence-corrected chi connectivity index (χ4v) is 2.05. The van der Waals surface area contributed by atoms with Crippen LogP contribution in [0, 0.1) is 13.8 Å². The molecule has 1 aromatic heterocycles. The Morgan fingerprint density at radius 1 is 1.32 bits per heavy atom. The van der Waals surface area contributed by atoms with Crippen LogP contribution in [0.4, 0.5) is 0 Å². The third-order valence-corrected chi connectivity index (χ3v) is 3.16. The van der Waals surface area contributed by atoms with E-state index in [1.807, 2.05) is 49.8 Å². The molecule has 1 heterocycles. The van der Waals surface area contributed by atoms with Gasteiger partial charge in [0.1, 0.15) is 12.4 Å². The standard InChI is InChI=1S/C15H20N2O2/c1-10-7-13(12(3)18)5-6-15(10)19-9-14-8-11(2)16-17(14)4/h5-8,12,18H,9H2,1-4H3/t12-/m1/s1. The minimum absolute atomic E-state index is 0.451. The maximum absolute atomic E-state index is 9.53. The Kier molecular flexibility index (Phi) is 3.90. The minimum Gasteiger partial charge on any atom is -0.487 e. The predicted octanol–water partition coefficient (Wildman–Crippen LogP) is 2.67. The van der Waals surface area contributed by atoms with Crippen LogP contribution < -0.4 is 4.74 Å². The van der Waals surface area contributed by atoms with Crippen LogP contribution in [-0.2, 0) is 13.7 Å². The third-order valence-electron chi connectivity index (χ3n) is 3.16. The fourth-order valence-electron chi connectivity index (χ4n) is 2.05. The van der Waals surface area contributed by atoms with Crippen LogP contribution in [0.25, 0.3) is 0 Å². The summed E-state index contributed by atoms with van der Waals surface area (Å²) in [5.41, 5.74) is 3.96. The number of nitrogens with zero attached hydrogens (tertiary/aromatic N) is 2. The van der Waals surface area contributed by atoms with Crippen molar-refractivity contribution in [2.24, 2.45) is 7.05 Å². The topological polar surface area (TPSA) is 47.3 Å². The molecule has 19 heavy (non-hydrogen) atoms. The Hall–Kier alpha value is -1.81. The molecule has 0 aliphatic rings. The second-order valence-corrected chi connectivity index (χ2v) is 4.89. The second-order valence-electron chi connectivity index (χ2n) is 4.89. The first-order valence-corrected chi connectivity index (χ1v) is 6.38. The molecular weight excluding hydrogens is 240 g/mol. The van der Waals surface area contributed by atoms with Crippen molar-refractivity contribution in [1.29, 1.82) is 0 Å². The van der Waals surface area contributed by atoms with E-state index < -0.39 is 6.10 Å². The number of aliphatic hydroxyl groups excluding tert-OH is 1. The lowest BCUT2D eigenvalue weighted by molar-refractivity contribution is 0.199. The molecule has 102 valence electrons. The van der Waals surface area contributed by atoms with Crippen molar-refractivity contribution >= 4 is 0 Å². The number of benzene rings is 1. The number of aromatic nitrogens is 2. The van der Waals surface area contributed by atoms with Crippen molar-refractivity contribution in [3.8, 4) is 5.75 Å². The van der Waals surface area contributed by atoms with Crippen molar-refractivity contribution in [1.82, 2.24) is 9.78 Å². The van der Waals surface area contributed by atoms with Crippen LogP contribution in [0.1, 0.15) is 35.5 Å². The number of ether oxygens (including phenoxy) is 1. The van der Waals surface area contributed by atoms with Gasteiger partial charge in [0.2, 0.25) is 0 Å². The second kappa shape index (κ2) is 5.45. The Labute approximate surface area is 113 Å². The van der Waals surface area contributed by atoms with E-state index in [2.05, 4.69) is 5.10 Å². The first-order chi connectivity index (χ1) is 8.97. The highest BCUT2D eigenvalue weighted by Crippen LogP contribution is 2.23. The maximum Gasteiger partial charge on any atom is 0.130 e. The van der Waals surface area contributed by atoms with Gasteiger partial charge in [0.15, 0.2) is 0 Å². The van der Waals surface area contributed by atoms with Crippen molar-refractivity contribution in [3.05, 3.63) is 46.8 Å². The Balaban J connectivity index is 2.10. The summed E-state index contributed by atoms with van der Waals surface area (Å²) < 4.78 is 7.64. The summed E-state index contributed by atoms with van der Waals surface area (Å²) in [5, 5.41) is 13.8. The molecular formula is C15H20N2O2. The SMILES string of the molecule is Cc1cc(COc2ccc([C@@H](C)O)cc2C)n(C)n1. The molecule has 4 heteroatoms. The van der Waals surface area contributed by atoms with Crippen LogP contribution >= 0.6 is 0 Å². The fraction of sp³-hybridized carbons (Fsp3) is 0.400. The lowest BCUT2D eigenvalue weighted by Gasteiger charge is -2.12. The van der Waals surface area contributed by atoms with Crippen molar-refractivity contribution in [2.75, 3.05) is 0 Å². The third kappa shape index (κ3) is 3.15. The van der Waals surface area contributed by atoms with Crippen LogP contribution in [0.5, 0.6) is 5.75 Å². The Morgan fingerprint density at radius 2 is 2.05 bits per heavy atom. The quantitative estimate of drug-likeness (QED) is 0.919. The molecule has 0 saturated heterocycles. The number of aryl methyl sites for hydroxylation is 3. The van der Waals surface area contributed by atoms with E-state index in [1.165, 1.54) is 0 Å². The van der Waals surface area contributed by atoms with E-state index in [4.69, 9.17) is 4.74 Å². The smallest absolute Gasteiger partial charge is 0.130 e. The van der Waals surface area contributed by atoms with E-state index in [0.29, 0.717) is 6.61 Å². The summed E-state index contributed by atoms with van der Waals surface area (Å²) in [6.07, 6.45) is -0.451. The van der Waals surface area contributed by atoms with Gasteiger partial charge in [-0.15, -0.1) is 0 Å². The van der Waals surface area contributed by atoms with Gasteiger partial charge in [0.25, 0.3) is 0 Å². The van der Waals surface area contributed by atoms with E-state index in [-0.39, 0.29) is 0 Å². The highest BCUT2D eigenvalue weighted by Gasteiger charge is 2.07. The van der Waals surface area contributed by atoms with Crippen LogP contribution in [0.2, 0.25) is 0 Å². The Morgan fingerprint density at radius 3 is 2.58 bits per heavy atom. The zero-order chi connectivity index (χ0) is 14.0. The van der Waals surface area contributed by atoms with Crippen molar-refractivity contribution in [3.63, 3.8) is 0 Å². The first-order valence-electron chi connectivity index (χ1n) is 6.38. The van der Waals surface area contributed by atoms with Gasteiger partial charge >= 0.3 is 0 Å². The van der Waals surface area contributed by atoms with Gasteiger partial charge in [-0.1, -0.05) is 6.07 Å².